The number of carbonyl (C=O) groups is 3. The van der Waals surface area contributed by atoms with Gasteiger partial charge in [0.2, 0.25) is 0 Å². The highest BCUT2D eigenvalue weighted by Crippen LogP contribution is 2.48. The van der Waals surface area contributed by atoms with Gasteiger partial charge >= 0.3 is 18.0 Å². The number of rotatable bonds is 6. The van der Waals surface area contributed by atoms with Crippen LogP contribution in [0.25, 0.3) is 0 Å². The van der Waals surface area contributed by atoms with E-state index in [2.05, 4.69) is 0 Å². The first kappa shape index (κ1) is 24.7. The zero-order valence-corrected chi connectivity index (χ0v) is 20.2. The van der Waals surface area contributed by atoms with Gasteiger partial charge in [0.25, 0.3) is 0 Å². The molecule has 3 rings (SSSR count). The molecule has 5 atom stereocenters. The summed E-state index contributed by atoms with van der Waals surface area (Å²) in [5.41, 5.74) is 0.460. The number of fused-ring (bicyclic) bond motifs is 1. The molecule has 1 saturated carbocycles. The lowest BCUT2D eigenvalue weighted by Gasteiger charge is -2.50. The molecular weight excluding hydrogens is 454 g/mol. The first-order valence-corrected chi connectivity index (χ1v) is 12.3. The quantitative estimate of drug-likeness (QED) is 0.562. The van der Waals surface area contributed by atoms with Crippen molar-refractivity contribution in [1.82, 2.24) is 4.90 Å². The average molecular weight is 484 g/mol. The second-order valence-corrected chi connectivity index (χ2v) is 10.1. The first-order valence-electron chi connectivity index (χ1n) is 11.0. The van der Waals surface area contributed by atoms with Gasteiger partial charge in [0.1, 0.15) is 6.04 Å². The SMILES string of the molecule is CCOC(=O)c1cc(Cl)ccc1S[C@H]1CC[C@H]2C(CC)N(C(=O)OC)[C@H](C(=O)O)C[C@H]2C1. The van der Waals surface area contributed by atoms with Gasteiger partial charge in [0, 0.05) is 21.2 Å². The molecule has 1 aromatic carbocycles. The fraction of sp³-hybridized carbons (Fsp3) is 0.609. The van der Waals surface area contributed by atoms with Crippen LogP contribution in [-0.2, 0) is 14.3 Å². The molecule has 0 radical (unpaired) electrons. The summed E-state index contributed by atoms with van der Waals surface area (Å²) in [5.74, 6) is -0.966. The Morgan fingerprint density at radius 1 is 1.22 bits per heavy atom. The van der Waals surface area contributed by atoms with Crippen LogP contribution in [-0.4, -0.2) is 59.1 Å². The standard InChI is InChI=1S/C23H30ClNO6S/c1-4-18-16-8-7-15(10-13(16)11-19(21(26)27)25(18)23(29)30-3)32-20-9-6-14(24)12-17(20)22(28)31-5-2/h6,9,12-13,15-16,18-19H,4-5,7-8,10-11H2,1-3H3,(H,26,27)/t13-,15+,16-,18?,19+/m1/s1. The largest absolute Gasteiger partial charge is 0.480 e. The Balaban J connectivity index is 1.79. The van der Waals surface area contributed by atoms with E-state index in [4.69, 9.17) is 21.1 Å². The van der Waals surface area contributed by atoms with Crippen LogP contribution in [0.15, 0.2) is 23.1 Å². The highest BCUT2D eigenvalue weighted by atomic mass is 35.5. The van der Waals surface area contributed by atoms with Crippen molar-refractivity contribution in [3.63, 3.8) is 0 Å². The molecule has 1 N–H and O–H groups in total. The number of benzene rings is 1. The molecule has 0 spiro atoms. The Bertz CT molecular complexity index is 865. The third-order valence-corrected chi connectivity index (χ3v) is 8.13. The molecule has 1 aliphatic carbocycles. The van der Waals surface area contributed by atoms with Crippen LogP contribution in [0, 0.1) is 11.8 Å². The maximum absolute atomic E-state index is 12.4. The fourth-order valence-corrected chi connectivity index (χ4v) is 6.75. The smallest absolute Gasteiger partial charge is 0.410 e. The lowest BCUT2D eigenvalue weighted by atomic mass is 9.68. The Hall–Kier alpha value is -1.93. The number of amides is 1. The number of nitrogens with zero attached hydrogens (tertiary/aromatic N) is 1. The van der Waals surface area contributed by atoms with Crippen LogP contribution in [0.1, 0.15) is 56.3 Å². The van der Waals surface area contributed by atoms with Gasteiger partial charge in [-0.1, -0.05) is 18.5 Å². The summed E-state index contributed by atoms with van der Waals surface area (Å²) in [6, 6.07) is 4.21. The Labute approximate surface area is 197 Å². The summed E-state index contributed by atoms with van der Waals surface area (Å²) in [6.07, 6.45) is 3.16. The van der Waals surface area contributed by atoms with E-state index in [9.17, 15) is 19.5 Å². The maximum atomic E-state index is 12.4. The summed E-state index contributed by atoms with van der Waals surface area (Å²) < 4.78 is 10.1. The molecule has 9 heteroatoms. The lowest BCUT2D eigenvalue weighted by Crippen LogP contribution is -2.60. The van der Waals surface area contributed by atoms with Gasteiger partial charge in [-0.15, -0.1) is 11.8 Å². The molecule has 32 heavy (non-hydrogen) atoms. The number of likely N-dealkylation sites (tertiary alicyclic amines) is 1. The molecular formula is C23H30ClNO6S. The van der Waals surface area contributed by atoms with Crippen LogP contribution in [0.4, 0.5) is 4.79 Å². The number of esters is 1. The Morgan fingerprint density at radius 3 is 2.59 bits per heavy atom. The number of carboxylic acids is 1. The highest BCUT2D eigenvalue weighted by molar-refractivity contribution is 8.00. The molecule has 2 aliphatic rings. The normalized spacial score (nSPS) is 27.4. The molecule has 7 nitrogen and oxygen atoms in total. The molecule has 1 unspecified atom stereocenters. The minimum absolute atomic E-state index is 0.154. The highest BCUT2D eigenvalue weighted by Gasteiger charge is 2.49. The number of aliphatic carboxylic acids is 1. The van der Waals surface area contributed by atoms with E-state index in [1.54, 1.807) is 30.8 Å². The van der Waals surface area contributed by atoms with Crippen molar-refractivity contribution in [1.29, 1.82) is 0 Å². The van der Waals surface area contributed by atoms with Crippen molar-refractivity contribution in [3.8, 4) is 0 Å². The number of piperidine rings is 1. The predicted molar refractivity (Wildman–Crippen MR) is 122 cm³/mol. The van der Waals surface area contributed by atoms with Crippen molar-refractivity contribution < 1.29 is 29.0 Å². The molecule has 0 aromatic heterocycles. The Morgan fingerprint density at radius 2 is 1.97 bits per heavy atom. The third kappa shape index (κ3) is 5.17. The van der Waals surface area contributed by atoms with Crippen molar-refractivity contribution >= 4 is 41.4 Å². The van der Waals surface area contributed by atoms with Gasteiger partial charge in [-0.2, -0.15) is 0 Å². The first-order chi connectivity index (χ1) is 15.3. The van der Waals surface area contributed by atoms with Gasteiger partial charge in [0.05, 0.1) is 19.3 Å². The van der Waals surface area contributed by atoms with E-state index in [-0.39, 0.29) is 29.7 Å². The number of methoxy groups -OCH3 is 1. The molecule has 1 heterocycles. The Kier molecular flexibility index (Phi) is 8.33. The van der Waals surface area contributed by atoms with Crippen LogP contribution in [0.5, 0.6) is 0 Å². The van der Waals surface area contributed by atoms with Crippen LogP contribution < -0.4 is 0 Å². The van der Waals surface area contributed by atoms with Gasteiger partial charge in [-0.25, -0.2) is 14.4 Å². The molecule has 1 aliphatic heterocycles. The number of carbonyl (C=O) groups excluding carboxylic acids is 2. The number of thioether (sulfide) groups is 1. The molecule has 176 valence electrons. The number of ether oxygens (including phenoxy) is 2. The van der Waals surface area contributed by atoms with E-state index >= 15 is 0 Å². The minimum Gasteiger partial charge on any atom is -0.480 e. The van der Waals surface area contributed by atoms with Gasteiger partial charge in [0.15, 0.2) is 0 Å². The van der Waals surface area contributed by atoms with Gasteiger partial charge in [-0.3, -0.25) is 4.90 Å². The van der Waals surface area contributed by atoms with E-state index in [0.29, 0.717) is 23.4 Å². The van der Waals surface area contributed by atoms with Gasteiger partial charge < -0.3 is 14.6 Å². The molecule has 0 bridgehead atoms. The maximum Gasteiger partial charge on any atom is 0.410 e. The van der Waals surface area contributed by atoms with Crippen LogP contribution in [0.2, 0.25) is 5.02 Å². The summed E-state index contributed by atoms with van der Waals surface area (Å²) in [5, 5.41) is 10.5. The van der Waals surface area contributed by atoms with Crippen molar-refractivity contribution in [2.45, 2.75) is 68.2 Å². The molecule has 2 fully saturated rings. The van der Waals surface area contributed by atoms with Crippen molar-refractivity contribution in [3.05, 3.63) is 28.8 Å². The fourth-order valence-electron chi connectivity index (χ4n) is 5.21. The minimum atomic E-state index is -0.996. The van der Waals surface area contributed by atoms with Crippen LogP contribution in [0.3, 0.4) is 0 Å². The number of halogens is 1. The second kappa shape index (κ2) is 10.8. The molecule has 1 aromatic rings. The zero-order chi connectivity index (χ0) is 23.4. The van der Waals surface area contributed by atoms with E-state index in [0.717, 1.165) is 24.2 Å². The third-order valence-electron chi connectivity index (χ3n) is 6.53. The van der Waals surface area contributed by atoms with Crippen molar-refractivity contribution in [2.24, 2.45) is 11.8 Å². The van der Waals surface area contributed by atoms with E-state index in [1.165, 1.54) is 12.0 Å². The topological polar surface area (TPSA) is 93.1 Å². The summed E-state index contributed by atoms with van der Waals surface area (Å²) in [7, 11) is 1.29. The number of hydrogen-bond acceptors (Lipinski definition) is 6. The number of hydrogen-bond donors (Lipinski definition) is 1. The second-order valence-electron chi connectivity index (χ2n) is 8.28. The van der Waals surface area contributed by atoms with Crippen molar-refractivity contribution in [2.75, 3.05) is 13.7 Å². The lowest BCUT2D eigenvalue weighted by molar-refractivity contribution is -0.148. The number of carboxylic acid groups (broad SMARTS) is 1. The predicted octanol–water partition coefficient (Wildman–Crippen LogP) is 5.10. The summed E-state index contributed by atoms with van der Waals surface area (Å²) in [4.78, 5) is 39.1. The monoisotopic (exact) mass is 483 g/mol. The zero-order valence-electron chi connectivity index (χ0n) is 18.6. The van der Waals surface area contributed by atoms with Crippen LogP contribution >= 0.6 is 23.4 Å². The summed E-state index contributed by atoms with van der Waals surface area (Å²) in [6.45, 7) is 4.04. The molecule has 1 saturated heterocycles. The average Bonchev–Trinajstić information content (AvgIpc) is 2.78. The van der Waals surface area contributed by atoms with E-state index in [1.807, 2.05) is 13.0 Å². The van der Waals surface area contributed by atoms with E-state index < -0.39 is 24.1 Å². The van der Waals surface area contributed by atoms with Gasteiger partial charge in [-0.05, 0) is 69.1 Å². The molecule has 1 amide bonds. The summed E-state index contributed by atoms with van der Waals surface area (Å²) >= 11 is 7.74.